The van der Waals surface area contributed by atoms with Crippen LogP contribution in [-0.4, -0.2) is 16.2 Å². The zero-order valence-electron chi connectivity index (χ0n) is 42.7. The molecule has 2 aliphatic rings. The SMILES string of the molecule is CC(C)(C)c1ccc(C2(c3ccnc(-n4c5ccccc5c5ccc(Oc6cccc(N7CN(c8c(-c9ccccc9)cccc8-c8ccccc8)c8ccccc87)c6)cc54)c3)c3ccccc3-c3ccccc32)cc1. The lowest BCUT2D eigenvalue weighted by Crippen LogP contribution is -2.29. The van der Waals surface area contributed by atoms with Gasteiger partial charge in [0.05, 0.1) is 33.5 Å². The van der Waals surface area contributed by atoms with Crippen LogP contribution in [0.3, 0.4) is 0 Å². The highest BCUT2D eigenvalue weighted by atomic mass is 16.5. The van der Waals surface area contributed by atoms with Crippen LogP contribution in [0.2, 0.25) is 0 Å². The van der Waals surface area contributed by atoms with Crippen molar-refractivity contribution in [1.82, 2.24) is 9.55 Å². The highest BCUT2D eigenvalue weighted by Crippen LogP contribution is 2.57. The summed E-state index contributed by atoms with van der Waals surface area (Å²) in [4.78, 5) is 10.1. The molecule has 5 heteroatoms. The third-order valence-electron chi connectivity index (χ3n) is 15.8. The molecule has 0 unspecified atom stereocenters. The molecule has 12 aromatic rings. The number of hydrogen-bond acceptors (Lipinski definition) is 4. The Kier molecular flexibility index (Phi) is 10.6. The molecule has 3 heterocycles. The lowest BCUT2D eigenvalue weighted by atomic mass is 9.67. The van der Waals surface area contributed by atoms with Crippen molar-refractivity contribution in [3.63, 3.8) is 0 Å². The highest BCUT2D eigenvalue weighted by Gasteiger charge is 2.46. The van der Waals surface area contributed by atoms with Crippen molar-refractivity contribution in [1.29, 1.82) is 0 Å². The molecular formula is C71H54N4O. The molecule has 0 amide bonds. The number of hydrogen-bond donors (Lipinski definition) is 0. The molecular weight excluding hydrogens is 925 g/mol. The summed E-state index contributed by atoms with van der Waals surface area (Å²) in [7, 11) is 0. The second-order valence-electron chi connectivity index (χ2n) is 21.1. The van der Waals surface area contributed by atoms with Crippen LogP contribution >= 0.6 is 0 Å². The van der Waals surface area contributed by atoms with Gasteiger partial charge in [0.1, 0.15) is 24.0 Å². The number of nitrogens with zero attached hydrogens (tertiary/aromatic N) is 4. The van der Waals surface area contributed by atoms with Crippen LogP contribution in [0.4, 0.5) is 22.7 Å². The number of fused-ring (bicyclic) bond motifs is 7. The van der Waals surface area contributed by atoms with Gasteiger partial charge in [0.25, 0.3) is 0 Å². The van der Waals surface area contributed by atoms with Crippen LogP contribution in [-0.2, 0) is 10.8 Å². The molecule has 0 radical (unpaired) electrons. The normalized spacial score (nSPS) is 13.5. The maximum absolute atomic E-state index is 6.94. The summed E-state index contributed by atoms with van der Waals surface area (Å²) in [6.45, 7) is 7.46. The largest absolute Gasteiger partial charge is 0.457 e. The molecule has 5 nitrogen and oxygen atoms in total. The summed E-state index contributed by atoms with van der Waals surface area (Å²) >= 11 is 0. The first kappa shape index (κ1) is 45.2. The predicted molar refractivity (Wildman–Crippen MR) is 314 cm³/mol. The first-order valence-corrected chi connectivity index (χ1v) is 26.3. The first-order chi connectivity index (χ1) is 37.3. The third-order valence-corrected chi connectivity index (χ3v) is 15.8. The van der Waals surface area contributed by atoms with E-state index in [2.05, 4.69) is 290 Å². The molecule has 0 fully saturated rings. The molecule has 0 bridgehead atoms. The molecule has 364 valence electrons. The van der Waals surface area contributed by atoms with E-state index in [4.69, 9.17) is 9.72 Å². The Hall–Kier alpha value is -9.45. The lowest BCUT2D eigenvalue weighted by Gasteiger charge is -2.34. The number of pyridine rings is 1. The van der Waals surface area contributed by atoms with Crippen molar-refractivity contribution >= 4 is 44.6 Å². The molecule has 0 saturated heterocycles. The number of anilines is 4. The van der Waals surface area contributed by atoms with Gasteiger partial charge in [-0.1, -0.05) is 209 Å². The van der Waals surface area contributed by atoms with Crippen LogP contribution in [0, 0.1) is 0 Å². The van der Waals surface area contributed by atoms with Gasteiger partial charge in [-0.05, 0) is 110 Å². The van der Waals surface area contributed by atoms with E-state index in [1.807, 2.05) is 6.20 Å². The Morgan fingerprint density at radius 2 is 1.00 bits per heavy atom. The van der Waals surface area contributed by atoms with Crippen molar-refractivity contribution in [3.05, 3.63) is 289 Å². The summed E-state index contributed by atoms with van der Waals surface area (Å²) in [6.07, 6.45) is 1.99. The number of para-hydroxylation sites is 4. The topological polar surface area (TPSA) is 33.5 Å². The minimum atomic E-state index is -0.582. The van der Waals surface area contributed by atoms with Crippen LogP contribution in [0.15, 0.2) is 261 Å². The van der Waals surface area contributed by atoms with E-state index in [9.17, 15) is 0 Å². The van der Waals surface area contributed by atoms with Gasteiger partial charge < -0.3 is 14.5 Å². The molecule has 0 saturated carbocycles. The molecule has 0 atom stereocenters. The molecule has 2 aromatic heterocycles. The molecule has 0 spiro atoms. The Labute approximate surface area is 444 Å². The highest BCUT2D eigenvalue weighted by molar-refractivity contribution is 6.09. The van der Waals surface area contributed by atoms with Crippen molar-refractivity contribution in [2.45, 2.75) is 31.6 Å². The fraction of sp³-hybridized carbons (Fsp3) is 0.0845. The molecule has 1 aliphatic heterocycles. The van der Waals surface area contributed by atoms with E-state index < -0.39 is 5.41 Å². The quantitative estimate of drug-likeness (QED) is 0.144. The summed E-state index contributed by atoms with van der Waals surface area (Å²) in [5.41, 5.74) is 19.5. The Morgan fingerprint density at radius 3 is 1.68 bits per heavy atom. The van der Waals surface area contributed by atoms with E-state index in [-0.39, 0.29) is 5.41 Å². The first-order valence-electron chi connectivity index (χ1n) is 26.3. The van der Waals surface area contributed by atoms with E-state index in [1.54, 1.807) is 0 Å². The van der Waals surface area contributed by atoms with Gasteiger partial charge in [-0.3, -0.25) is 4.57 Å². The average Bonchev–Trinajstić information content (AvgIpc) is 4.33. The fourth-order valence-corrected chi connectivity index (χ4v) is 12.3. The van der Waals surface area contributed by atoms with Gasteiger partial charge >= 0.3 is 0 Å². The van der Waals surface area contributed by atoms with E-state index in [1.165, 1.54) is 61.3 Å². The summed E-state index contributed by atoms with van der Waals surface area (Å²) < 4.78 is 9.26. The smallest absolute Gasteiger partial charge is 0.137 e. The van der Waals surface area contributed by atoms with Crippen molar-refractivity contribution in [2.24, 2.45) is 0 Å². The van der Waals surface area contributed by atoms with E-state index >= 15 is 0 Å². The number of aromatic nitrogens is 2. The van der Waals surface area contributed by atoms with Crippen molar-refractivity contribution in [2.75, 3.05) is 16.5 Å². The number of rotatable bonds is 9. The maximum atomic E-state index is 6.94. The van der Waals surface area contributed by atoms with E-state index in [0.717, 1.165) is 61.7 Å². The Balaban J connectivity index is 0.856. The maximum Gasteiger partial charge on any atom is 0.137 e. The van der Waals surface area contributed by atoms with Crippen LogP contribution < -0.4 is 14.5 Å². The molecule has 76 heavy (non-hydrogen) atoms. The van der Waals surface area contributed by atoms with Crippen molar-refractivity contribution < 1.29 is 4.74 Å². The second kappa shape index (κ2) is 17.9. The summed E-state index contributed by atoms with van der Waals surface area (Å²) in [5, 5.41) is 2.29. The fourth-order valence-electron chi connectivity index (χ4n) is 12.3. The Morgan fingerprint density at radius 1 is 0.434 bits per heavy atom. The second-order valence-corrected chi connectivity index (χ2v) is 21.1. The third kappa shape index (κ3) is 7.26. The van der Waals surface area contributed by atoms with Gasteiger partial charge in [0.15, 0.2) is 0 Å². The molecule has 0 N–H and O–H groups in total. The summed E-state index contributed by atoms with van der Waals surface area (Å²) in [6, 6.07) is 92.2. The van der Waals surface area contributed by atoms with Crippen LogP contribution in [0.5, 0.6) is 11.5 Å². The predicted octanol–water partition coefficient (Wildman–Crippen LogP) is 18.2. The number of ether oxygens (including phenoxy) is 1. The van der Waals surface area contributed by atoms with Gasteiger partial charge in [-0.15, -0.1) is 0 Å². The standard InChI is InChI=1S/C71H54N4O/c1-70(2,3)50-36-38-51(39-37-50)71(62-31-13-10-26-58(62)59-27-11-14-32-63(59)71)52-42-43-72-68(44-52)75-64-33-15-12-28-60(64)61-41-40-55(46-67(61)75)76-54-25-18-24-53(45-54)73-47-74(66-35-17-16-34-65(66)73)69-56(48-20-6-4-7-21-48)29-19-30-57(69)49-22-8-5-9-23-49/h4-46H,47H2,1-3H3. The molecule has 10 aromatic carbocycles. The minimum absolute atomic E-state index is 0.0228. The van der Waals surface area contributed by atoms with Crippen molar-refractivity contribution in [3.8, 4) is 50.7 Å². The van der Waals surface area contributed by atoms with Crippen LogP contribution in [0.25, 0.3) is 61.0 Å². The minimum Gasteiger partial charge on any atom is -0.457 e. The monoisotopic (exact) mass is 978 g/mol. The Bertz CT molecular complexity index is 4070. The number of benzene rings is 10. The van der Waals surface area contributed by atoms with Gasteiger partial charge in [0, 0.05) is 45.9 Å². The zero-order valence-corrected chi connectivity index (χ0v) is 42.7. The summed E-state index contributed by atoms with van der Waals surface area (Å²) in [5.74, 6) is 2.34. The van der Waals surface area contributed by atoms with Crippen LogP contribution in [0.1, 0.15) is 48.6 Å². The van der Waals surface area contributed by atoms with Gasteiger partial charge in [0.2, 0.25) is 0 Å². The molecule has 14 rings (SSSR count). The zero-order chi connectivity index (χ0) is 51.0. The van der Waals surface area contributed by atoms with Gasteiger partial charge in [-0.2, -0.15) is 0 Å². The molecule has 1 aliphatic carbocycles. The lowest BCUT2D eigenvalue weighted by molar-refractivity contribution is 0.483. The average molecular weight is 979 g/mol. The van der Waals surface area contributed by atoms with E-state index in [0.29, 0.717) is 6.67 Å². The van der Waals surface area contributed by atoms with Gasteiger partial charge in [-0.25, -0.2) is 4.98 Å².